The number of carbonyl (C=O) groups is 1. The molecule has 0 saturated heterocycles. The van der Waals surface area contributed by atoms with Crippen molar-refractivity contribution in [2.24, 2.45) is 7.05 Å². The molecule has 4 nitrogen and oxygen atoms in total. The Balaban J connectivity index is 2.22. The first kappa shape index (κ1) is 14.2. The van der Waals surface area contributed by atoms with Crippen molar-refractivity contribution in [1.82, 2.24) is 15.1 Å². The highest BCUT2D eigenvalue weighted by Gasteiger charge is 2.26. The highest BCUT2D eigenvalue weighted by Crippen LogP contribution is 2.20. The minimum absolute atomic E-state index is 0.0487. The van der Waals surface area contributed by atoms with Gasteiger partial charge in [-0.1, -0.05) is 6.07 Å². The Morgan fingerprint density at radius 2 is 2.10 bits per heavy atom. The van der Waals surface area contributed by atoms with E-state index in [1.54, 1.807) is 30.9 Å². The number of amides is 1. The SMILES string of the molecule is Cc1ccc(C(=O)NC(C)(C)c2cnn(C)c2)c(F)c1. The van der Waals surface area contributed by atoms with Gasteiger partial charge in [0.25, 0.3) is 5.91 Å². The maximum absolute atomic E-state index is 13.8. The van der Waals surface area contributed by atoms with Crippen molar-refractivity contribution in [3.05, 3.63) is 53.1 Å². The number of nitrogens with one attached hydrogen (secondary N) is 1. The molecule has 0 unspecified atom stereocenters. The van der Waals surface area contributed by atoms with Crippen LogP contribution in [0.15, 0.2) is 30.6 Å². The molecule has 2 aromatic rings. The maximum Gasteiger partial charge on any atom is 0.254 e. The summed E-state index contributed by atoms with van der Waals surface area (Å²) >= 11 is 0. The lowest BCUT2D eigenvalue weighted by molar-refractivity contribution is 0.0908. The molecule has 2 rings (SSSR count). The lowest BCUT2D eigenvalue weighted by atomic mass is 9.97. The summed E-state index contributed by atoms with van der Waals surface area (Å²) in [5.74, 6) is -0.944. The second kappa shape index (κ2) is 5.07. The van der Waals surface area contributed by atoms with Gasteiger partial charge in [-0.3, -0.25) is 9.48 Å². The highest BCUT2D eigenvalue weighted by molar-refractivity contribution is 5.95. The summed E-state index contributed by atoms with van der Waals surface area (Å²) in [5, 5.41) is 6.91. The van der Waals surface area contributed by atoms with Gasteiger partial charge in [0.15, 0.2) is 0 Å². The Bertz CT molecular complexity index is 646. The van der Waals surface area contributed by atoms with Crippen LogP contribution in [-0.2, 0) is 12.6 Å². The lowest BCUT2D eigenvalue weighted by Gasteiger charge is -2.25. The van der Waals surface area contributed by atoms with E-state index in [0.717, 1.165) is 11.1 Å². The number of rotatable bonds is 3. The van der Waals surface area contributed by atoms with Crippen LogP contribution < -0.4 is 5.32 Å². The van der Waals surface area contributed by atoms with Crippen LogP contribution in [0.25, 0.3) is 0 Å². The normalized spacial score (nSPS) is 11.4. The minimum Gasteiger partial charge on any atom is -0.343 e. The van der Waals surface area contributed by atoms with Gasteiger partial charge in [-0.2, -0.15) is 5.10 Å². The molecule has 0 atom stereocenters. The van der Waals surface area contributed by atoms with Crippen LogP contribution in [-0.4, -0.2) is 15.7 Å². The smallest absolute Gasteiger partial charge is 0.254 e. The minimum atomic E-state index is -0.622. The highest BCUT2D eigenvalue weighted by atomic mass is 19.1. The van der Waals surface area contributed by atoms with Gasteiger partial charge in [0.1, 0.15) is 5.82 Å². The fraction of sp³-hybridized carbons (Fsp3) is 0.333. The van der Waals surface area contributed by atoms with E-state index < -0.39 is 17.3 Å². The third-order valence-corrected chi connectivity index (χ3v) is 3.22. The van der Waals surface area contributed by atoms with Crippen LogP contribution in [0.5, 0.6) is 0 Å². The Hall–Kier alpha value is -2.17. The number of hydrogen-bond donors (Lipinski definition) is 1. The van der Waals surface area contributed by atoms with E-state index in [0.29, 0.717) is 0 Å². The second-order valence-electron chi connectivity index (χ2n) is 5.47. The van der Waals surface area contributed by atoms with Crippen LogP contribution in [0.4, 0.5) is 4.39 Å². The van der Waals surface area contributed by atoms with Crippen molar-refractivity contribution in [2.45, 2.75) is 26.3 Å². The van der Waals surface area contributed by atoms with Gasteiger partial charge >= 0.3 is 0 Å². The zero-order valence-corrected chi connectivity index (χ0v) is 12.1. The van der Waals surface area contributed by atoms with Crippen molar-refractivity contribution in [2.75, 3.05) is 0 Å². The van der Waals surface area contributed by atoms with E-state index in [1.807, 2.05) is 20.0 Å². The van der Waals surface area contributed by atoms with Gasteiger partial charge in [-0.25, -0.2) is 4.39 Å². The topological polar surface area (TPSA) is 46.9 Å². The Morgan fingerprint density at radius 1 is 1.40 bits per heavy atom. The molecule has 0 aliphatic heterocycles. The molecule has 1 heterocycles. The van der Waals surface area contributed by atoms with Crippen LogP contribution in [0.3, 0.4) is 0 Å². The molecule has 0 aliphatic rings. The summed E-state index contributed by atoms with van der Waals surface area (Å²) in [4.78, 5) is 12.2. The first-order valence-corrected chi connectivity index (χ1v) is 6.37. The van der Waals surface area contributed by atoms with E-state index in [-0.39, 0.29) is 5.56 Å². The van der Waals surface area contributed by atoms with Crippen LogP contribution >= 0.6 is 0 Å². The van der Waals surface area contributed by atoms with E-state index in [1.165, 1.54) is 12.1 Å². The van der Waals surface area contributed by atoms with E-state index >= 15 is 0 Å². The molecule has 0 radical (unpaired) electrons. The molecule has 0 spiro atoms. The van der Waals surface area contributed by atoms with E-state index in [9.17, 15) is 9.18 Å². The molecule has 5 heteroatoms. The van der Waals surface area contributed by atoms with E-state index in [4.69, 9.17) is 0 Å². The van der Waals surface area contributed by atoms with Gasteiger partial charge in [0, 0.05) is 18.8 Å². The number of hydrogen-bond acceptors (Lipinski definition) is 2. The maximum atomic E-state index is 13.8. The van der Waals surface area contributed by atoms with Gasteiger partial charge in [0.2, 0.25) is 0 Å². The molecule has 1 aromatic heterocycles. The molecule has 1 aromatic carbocycles. The molecule has 1 N–H and O–H groups in total. The Morgan fingerprint density at radius 3 is 2.65 bits per heavy atom. The number of nitrogens with zero attached hydrogens (tertiary/aromatic N) is 2. The quantitative estimate of drug-likeness (QED) is 0.935. The summed E-state index contributed by atoms with van der Waals surface area (Å²) in [6.45, 7) is 5.49. The van der Waals surface area contributed by atoms with Gasteiger partial charge in [-0.05, 0) is 38.5 Å². The molecular formula is C15H18FN3O. The van der Waals surface area contributed by atoms with Gasteiger partial charge < -0.3 is 5.32 Å². The first-order valence-electron chi connectivity index (χ1n) is 6.37. The van der Waals surface area contributed by atoms with Crippen molar-refractivity contribution >= 4 is 5.91 Å². The molecule has 0 fully saturated rings. The van der Waals surface area contributed by atoms with Crippen LogP contribution in [0.2, 0.25) is 0 Å². The average molecular weight is 275 g/mol. The molecule has 0 saturated carbocycles. The Labute approximate surface area is 117 Å². The Kier molecular flexibility index (Phi) is 3.61. The number of aromatic nitrogens is 2. The standard InChI is InChI=1S/C15H18FN3O/c1-10-5-6-12(13(16)7-10)14(20)18-15(2,3)11-8-17-19(4)9-11/h5-9H,1-4H3,(H,18,20). The summed E-state index contributed by atoms with van der Waals surface area (Å²) < 4.78 is 15.5. The summed E-state index contributed by atoms with van der Waals surface area (Å²) in [6.07, 6.45) is 3.51. The first-order chi connectivity index (χ1) is 9.29. The summed E-state index contributed by atoms with van der Waals surface area (Å²) in [5.41, 5.74) is 1.07. The van der Waals surface area contributed by atoms with Crippen molar-refractivity contribution < 1.29 is 9.18 Å². The lowest BCUT2D eigenvalue weighted by Crippen LogP contribution is -2.41. The fourth-order valence-corrected chi connectivity index (χ4v) is 1.97. The van der Waals surface area contributed by atoms with Crippen LogP contribution in [0.1, 0.15) is 35.3 Å². The number of carbonyl (C=O) groups excluding carboxylic acids is 1. The van der Waals surface area contributed by atoms with Crippen molar-refractivity contribution in [3.63, 3.8) is 0 Å². The van der Waals surface area contributed by atoms with Crippen molar-refractivity contribution in [3.8, 4) is 0 Å². The molecule has 0 bridgehead atoms. The summed E-state index contributed by atoms with van der Waals surface area (Å²) in [7, 11) is 1.81. The van der Waals surface area contributed by atoms with Gasteiger partial charge in [-0.15, -0.1) is 0 Å². The molecule has 0 aliphatic carbocycles. The molecule has 20 heavy (non-hydrogen) atoms. The molecule has 1 amide bonds. The van der Waals surface area contributed by atoms with Crippen molar-refractivity contribution in [1.29, 1.82) is 0 Å². The fourth-order valence-electron chi connectivity index (χ4n) is 1.97. The number of halogens is 1. The number of benzene rings is 1. The second-order valence-corrected chi connectivity index (χ2v) is 5.47. The third kappa shape index (κ3) is 2.87. The average Bonchev–Trinajstić information content (AvgIpc) is 2.75. The van der Waals surface area contributed by atoms with Gasteiger partial charge in [0.05, 0.1) is 17.3 Å². The zero-order chi connectivity index (χ0) is 14.9. The summed E-state index contributed by atoms with van der Waals surface area (Å²) in [6, 6.07) is 4.57. The monoisotopic (exact) mass is 275 g/mol. The largest absolute Gasteiger partial charge is 0.343 e. The third-order valence-electron chi connectivity index (χ3n) is 3.22. The van der Waals surface area contributed by atoms with E-state index in [2.05, 4.69) is 10.4 Å². The molecule has 106 valence electrons. The predicted octanol–water partition coefficient (Wildman–Crippen LogP) is 2.53. The number of aryl methyl sites for hydroxylation is 2. The van der Waals surface area contributed by atoms with Crippen LogP contribution in [0, 0.1) is 12.7 Å². The zero-order valence-electron chi connectivity index (χ0n) is 12.1. The molecular weight excluding hydrogens is 257 g/mol. The predicted molar refractivity (Wildman–Crippen MR) is 74.8 cm³/mol.